The Balaban J connectivity index is 2.57. The summed E-state index contributed by atoms with van der Waals surface area (Å²) in [5.41, 5.74) is 1.47. The highest BCUT2D eigenvalue weighted by atomic mass is 32.1. The van der Waals surface area contributed by atoms with Gasteiger partial charge in [0.1, 0.15) is 5.82 Å². The summed E-state index contributed by atoms with van der Waals surface area (Å²) >= 11 is 4.18. The van der Waals surface area contributed by atoms with Gasteiger partial charge in [0.2, 0.25) is 0 Å². The lowest BCUT2D eigenvalue weighted by Crippen LogP contribution is -1.83. The van der Waals surface area contributed by atoms with Crippen molar-refractivity contribution >= 4 is 12.6 Å². The van der Waals surface area contributed by atoms with E-state index in [1.165, 1.54) is 6.07 Å². The van der Waals surface area contributed by atoms with Gasteiger partial charge in [0.05, 0.1) is 0 Å². The maximum absolute atomic E-state index is 13.4. The standard InChI is InChI=1S/C12H9FS/c13-12-7-6-10(14)8-11(12)9-4-2-1-3-5-9/h1-8,14H. The van der Waals surface area contributed by atoms with Crippen molar-refractivity contribution in [2.24, 2.45) is 0 Å². The molecule has 0 radical (unpaired) electrons. The summed E-state index contributed by atoms with van der Waals surface area (Å²) < 4.78 is 13.4. The predicted octanol–water partition coefficient (Wildman–Crippen LogP) is 3.78. The molecule has 0 unspecified atom stereocenters. The first-order chi connectivity index (χ1) is 6.77. The van der Waals surface area contributed by atoms with Crippen molar-refractivity contribution in [3.05, 3.63) is 54.3 Å². The van der Waals surface area contributed by atoms with Gasteiger partial charge >= 0.3 is 0 Å². The number of hydrogen-bond acceptors (Lipinski definition) is 1. The molecule has 0 aliphatic rings. The number of benzene rings is 2. The molecule has 0 aliphatic heterocycles. The molecule has 0 bridgehead atoms. The summed E-state index contributed by atoms with van der Waals surface area (Å²) in [5, 5.41) is 0. The molecule has 0 saturated heterocycles. The third-order valence-electron chi connectivity index (χ3n) is 2.03. The van der Waals surface area contributed by atoms with Crippen LogP contribution >= 0.6 is 12.6 Å². The molecule has 2 aromatic carbocycles. The van der Waals surface area contributed by atoms with Gasteiger partial charge in [-0.15, -0.1) is 12.6 Å². The molecule has 2 rings (SSSR count). The average Bonchev–Trinajstić information content (AvgIpc) is 2.23. The molecule has 2 heteroatoms. The van der Waals surface area contributed by atoms with E-state index in [9.17, 15) is 4.39 Å². The lowest BCUT2D eigenvalue weighted by Gasteiger charge is -2.03. The summed E-state index contributed by atoms with van der Waals surface area (Å²) in [6.45, 7) is 0. The second kappa shape index (κ2) is 3.84. The Bertz CT molecular complexity index is 437. The fourth-order valence-corrected chi connectivity index (χ4v) is 1.56. The third-order valence-corrected chi connectivity index (χ3v) is 2.31. The molecule has 0 fully saturated rings. The Morgan fingerprint density at radius 1 is 0.929 bits per heavy atom. The highest BCUT2D eigenvalue weighted by molar-refractivity contribution is 7.80. The molecule has 0 saturated carbocycles. The van der Waals surface area contributed by atoms with Crippen molar-refractivity contribution in [3.63, 3.8) is 0 Å². The molecule has 0 heterocycles. The molecule has 0 aliphatic carbocycles. The highest BCUT2D eigenvalue weighted by Gasteiger charge is 2.03. The van der Waals surface area contributed by atoms with E-state index in [1.54, 1.807) is 12.1 Å². The van der Waals surface area contributed by atoms with Crippen LogP contribution in [0.5, 0.6) is 0 Å². The SMILES string of the molecule is Fc1ccc(S)cc1-c1ccccc1. The number of hydrogen-bond donors (Lipinski definition) is 1. The van der Waals surface area contributed by atoms with E-state index >= 15 is 0 Å². The Morgan fingerprint density at radius 3 is 2.36 bits per heavy atom. The van der Waals surface area contributed by atoms with Crippen LogP contribution in [0.25, 0.3) is 11.1 Å². The minimum absolute atomic E-state index is 0.214. The average molecular weight is 204 g/mol. The molecule has 0 amide bonds. The van der Waals surface area contributed by atoms with Gasteiger partial charge in [-0.25, -0.2) is 4.39 Å². The normalized spacial score (nSPS) is 10.1. The lowest BCUT2D eigenvalue weighted by atomic mass is 10.1. The van der Waals surface area contributed by atoms with Gasteiger partial charge in [0.15, 0.2) is 0 Å². The summed E-state index contributed by atoms with van der Waals surface area (Å²) in [7, 11) is 0. The second-order valence-electron chi connectivity index (χ2n) is 3.03. The Hall–Kier alpha value is -1.28. The van der Waals surface area contributed by atoms with Crippen molar-refractivity contribution in [2.75, 3.05) is 0 Å². The van der Waals surface area contributed by atoms with Crippen molar-refractivity contribution < 1.29 is 4.39 Å². The van der Waals surface area contributed by atoms with E-state index in [2.05, 4.69) is 12.6 Å². The maximum Gasteiger partial charge on any atom is 0.131 e. The van der Waals surface area contributed by atoms with Gasteiger partial charge < -0.3 is 0 Å². The van der Waals surface area contributed by atoms with Crippen molar-refractivity contribution in [1.82, 2.24) is 0 Å². The summed E-state index contributed by atoms with van der Waals surface area (Å²) in [6, 6.07) is 14.3. The molecular formula is C12H9FS. The molecular weight excluding hydrogens is 195 g/mol. The van der Waals surface area contributed by atoms with Crippen LogP contribution in [0.1, 0.15) is 0 Å². The van der Waals surface area contributed by atoms with Crippen LogP contribution < -0.4 is 0 Å². The number of rotatable bonds is 1. The summed E-state index contributed by atoms with van der Waals surface area (Å²) in [5.74, 6) is -0.214. The fourth-order valence-electron chi connectivity index (χ4n) is 1.35. The van der Waals surface area contributed by atoms with Crippen LogP contribution in [0, 0.1) is 5.82 Å². The van der Waals surface area contributed by atoms with Crippen molar-refractivity contribution in [2.45, 2.75) is 4.90 Å². The van der Waals surface area contributed by atoms with Crippen LogP contribution in [0.2, 0.25) is 0 Å². The molecule has 2 aromatic rings. The molecule has 0 spiro atoms. The minimum Gasteiger partial charge on any atom is -0.206 e. The first-order valence-electron chi connectivity index (χ1n) is 4.31. The zero-order valence-electron chi connectivity index (χ0n) is 7.44. The van der Waals surface area contributed by atoms with E-state index in [0.717, 1.165) is 10.5 Å². The van der Waals surface area contributed by atoms with E-state index in [4.69, 9.17) is 0 Å². The lowest BCUT2D eigenvalue weighted by molar-refractivity contribution is 0.630. The van der Waals surface area contributed by atoms with Crippen LogP contribution in [0.4, 0.5) is 4.39 Å². The first kappa shape index (κ1) is 9.28. The third kappa shape index (κ3) is 1.80. The van der Waals surface area contributed by atoms with Crippen LogP contribution in [-0.4, -0.2) is 0 Å². The quantitative estimate of drug-likeness (QED) is 0.671. The first-order valence-corrected chi connectivity index (χ1v) is 4.76. The second-order valence-corrected chi connectivity index (χ2v) is 3.55. The Morgan fingerprint density at radius 2 is 1.64 bits per heavy atom. The van der Waals surface area contributed by atoms with Gasteiger partial charge in [-0.1, -0.05) is 30.3 Å². The van der Waals surface area contributed by atoms with Crippen LogP contribution in [-0.2, 0) is 0 Å². The summed E-state index contributed by atoms with van der Waals surface area (Å²) in [4.78, 5) is 0.769. The molecule has 0 N–H and O–H groups in total. The zero-order valence-corrected chi connectivity index (χ0v) is 8.34. The number of thiol groups is 1. The Labute approximate surface area is 87.8 Å². The van der Waals surface area contributed by atoms with E-state index in [1.807, 2.05) is 30.3 Å². The van der Waals surface area contributed by atoms with E-state index in [-0.39, 0.29) is 5.82 Å². The minimum atomic E-state index is -0.214. The number of halogens is 1. The largest absolute Gasteiger partial charge is 0.206 e. The molecule has 70 valence electrons. The van der Waals surface area contributed by atoms with Crippen LogP contribution in [0.15, 0.2) is 53.4 Å². The van der Waals surface area contributed by atoms with Crippen molar-refractivity contribution in [3.8, 4) is 11.1 Å². The van der Waals surface area contributed by atoms with E-state index < -0.39 is 0 Å². The van der Waals surface area contributed by atoms with Crippen molar-refractivity contribution in [1.29, 1.82) is 0 Å². The Kier molecular flexibility index (Phi) is 2.55. The van der Waals surface area contributed by atoms with Crippen LogP contribution in [0.3, 0.4) is 0 Å². The summed E-state index contributed by atoms with van der Waals surface area (Å²) in [6.07, 6.45) is 0. The topological polar surface area (TPSA) is 0 Å². The van der Waals surface area contributed by atoms with Gasteiger partial charge in [0.25, 0.3) is 0 Å². The molecule has 0 nitrogen and oxygen atoms in total. The highest BCUT2D eigenvalue weighted by Crippen LogP contribution is 2.24. The fraction of sp³-hybridized carbons (Fsp3) is 0. The molecule has 14 heavy (non-hydrogen) atoms. The van der Waals surface area contributed by atoms with E-state index in [0.29, 0.717) is 5.56 Å². The van der Waals surface area contributed by atoms with Gasteiger partial charge in [-0.3, -0.25) is 0 Å². The maximum atomic E-state index is 13.4. The van der Waals surface area contributed by atoms with Gasteiger partial charge in [-0.2, -0.15) is 0 Å². The van der Waals surface area contributed by atoms with Gasteiger partial charge in [0, 0.05) is 10.5 Å². The smallest absolute Gasteiger partial charge is 0.131 e. The predicted molar refractivity (Wildman–Crippen MR) is 59.1 cm³/mol. The van der Waals surface area contributed by atoms with Gasteiger partial charge in [-0.05, 0) is 23.8 Å². The zero-order chi connectivity index (χ0) is 9.97. The molecule has 0 aromatic heterocycles. The monoisotopic (exact) mass is 204 g/mol. The molecule has 0 atom stereocenters.